The zero-order valence-electron chi connectivity index (χ0n) is 19.2. The Morgan fingerprint density at radius 1 is 1.03 bits per heavy atom. The monoisotopic (exact) mass is 522 g/mol. The maximum Gasteiger partial charge on any atom is 0.336 e. The van der Waals surface area contributed by atoms with Crippen molar-refractivity contribution in [1.29, 1.82) is 0 Å². The van der Waals surface area contributed by atoms with Crippen molar-refractivity contribution < 1.29 is 69.7 Å². The van der Waals surface area contributed by atoms with Crippen molar-refractivity contribution in [2.75, 3.05) is 20.5 Å². The maximum atomic E-state index is 12.1. The molecule has 3 aromatic carbocycles. The van der Waals surface area contributed by atoms with Gasteiger partial charge in [-0.2, -0.15) is 10.4 Å². The number of aromatic carboxylic acids is 1. The van der Waals surface area contributed by atoms with Crippen LogP contribution in [0.1, 0.15) is 10.4 Å². The predicted octanol–water partition coefficient (Wildman–Crippen LogP) is -1.10. The molecule has 3 aromatic rings. The van der Waals surface area contributed by atoms with Crippen LogP contribution >= 0.6 is 0 Å². The first-order valence-corrected chi connectivity index (χ1v) is 11.0. The van der Waals surface area contributed by atoms with Crippen molar-refractivity contribution in [3.63, 3.8) is 0 Å². The number of benzene rings is 3. The Kier molecular flexibility index (Phi) is 6.43. The molecule has 2 aliphatic rings. The number of methoxy groups -OCH3 is 1. The van der Waals surface area contributed by atoms with Crippen molar-refractivity contribution in [1.82, 2.24) is 0 Å². The molecule has 2 aliphatic heterocycles. The van der Waals surface area contributed by atoms with Gasteiger partial charge in [-0.05, 0) is 17.4 Å². The van der Waals surface area contributed by atoms with E-state index in [2.05, 4.69) is 0 Å². The van der Waals surface area contributed by atoms with Crippen molar-refractivity contribution in [3.05, 3.63) is 29.8 Å². The highest BCUT2D eigenvalue weighted by molar-refractivity contribution is 6.22. The number of rotatable bonds is 6. The number of carboxylic acids is 1. The van der Waals surface area contributed by atoms with Gasteiger partial charge in [-0.1, -0.05) is 0 Å². The summed E-state index contributed by atoms with van der Waals surface area (Å²) >= 11 is 0. The van der Waals surface area contributed by atoms with E-state index >= 15 is 0 Å². The van der Waals surface area contributed by atoms with Gasteiger partial charge in [-0.3, -0.25) is 0 Å². The number of quaternary nitrogens is 1. The summed E-state index contributed by atoms with van der Waals surface area (Å²) in [5, 5.41) is 69.5. The van der Waals surface area contributed by atoms with Gasteiger partial charge in [-0.25, -0.2) is 4.79 Å². The SMILES string of the molecule is COc1cc(O[C@H]2O[C@H](CO)[C@H](O)[C@H](O)[C@H]2O)cc2c1cc([NH+](O)O)c1c(C(=O)O)cc3c(c12)OCO3. The first-order chi connectivity index (χ1) is 17.7. The second-order valence-electron chi connectivity index (χ2n) is 8.50. The minimum Gasteiger partial charge on any atom is -0.496 e. The van der Waals surface area contributed by atoms with Gasteiger partial charge < -0.3 is 49.2 Å². The number of aliphatic hydroxyl groups is 4. The van der Waals surface area contributed by atoms with E-state index in [-0.39, 0.29) is 51.8 Å². The minimum absolute atomic E-state index is 0.0355. The van der Waals surface area contributed by atoms with Gasteiger partial charge in [0.05, 0.1) is 24.7 Å². The average Bonchev–Trinajstić information content (AvgIpc) is 3.35. The van der Waals surface area contributed by atoms with E-state index in [0.717, 1.165) is 0 Å². The van der Waals surface area contributed by atoms with Gasteiger partial charge in [0.1, 0.15) is 35.9 Å². The summed E-state index contributed by atoms with van der Waals surface area (Å²) < 4.78 is 27.7. The van der Waals surface area contributed by atoms with Gasteiger partial charge in [0.25, 0.3) is 0 Å². The number of fused-ring (bicyclic) bond motifs is 5. The fourth-order valence-electron chi connectivity index (χ4n) is 4.63. The van der Waals surface area contributed by atoms with Crippen LogP contribution in [0.25, 0.3) is 21.5 Å². The summed E-state index contributed by atoms with van der Waals surface area (Å²) in [5.74, 6) is -0.880. The maximum absolute atomic E-state index is 12.1. The van der Waals surface area contributed by atoms with E-state index in [1.54, 1.807) is 0 Å². The number of ether oxygens (including phenoxy) is 5. The Labute approximate surface area is 207 Å². The molecule has 0 unspecified atom stereocenters. The smallest absolute Gasteiger partial charge is 0.336 e. The van der Waals surface area contributed by atoms with Crippen LogP contribution in [-0.2, 0) is 4.74 Å². The summed E-state index contributed by atoms with van der Waals surface area (Å²) in [4.78, 5) is 12.1. The zero-order chi connectivity index (χ0) is 26.6. The van der Waals surface area contributed by atoms with E-state index in [1.807, 2.05) is 0 Å². The molecule has 0 spiro atoms. The second-order valence-corrected chi connectivity index (χ2v) is 8.50. The topological polar surface area (TPSA) is 209 Å². The predicted molar refractivity (Wildman–Crippen MR) is 120 cm³/mol. The number of carboxylic acid groups (broad SMARTS) is 1. The van der Waals surface area contributed by atoms with Crippen LogP contribution in [0, 0.1) is 0 Å². The number of hydrogen-bond acceptors (Lipinski definition) is 12. The first kappa shape index (κ1) is 25.2. The Hall–Kier alpha value is -3.47. The molecule has 1 fully saturated rings. The highest BCUT2D eigenvalue weighted by atomic mass is 16.8. The number of hydrogen-bond donors (Lipinski definition) is 8. The Balaban J connectivity index is 1.75. The summed E-state index contributed by atoms with van der Waals surface area (Å²) in [6, 6.07) is 5.40. The molecule has 0 bridgehead atoms. The molecule has 8 N–H and O–H groups in total. The molecule has 5 atom stereocenters. The van der Waals surface area contributed by atoms with Gasteiger partial charge in [0.15, 0.2) is 11.5 Å². The molecule has 2 heterocycles. The average molecular weight is 522 g/mol. The van der Waals surface area contributed by atoms with E-state index in [4.69, 9.17) is 23.7 Å². The summed E-state index contributed by atoms with van der Waals surface area (Å²) in [5.41, 5.74) is -0.477. The lowest BCUT2D eigenvalue weighted by Gasteiger charge is -2.39. The van der Waals surface area contributed by atoms with Crippen LogP contribution in [0.3, 0.4) is 0 Å². The lowest BCUT2D eigenvalue weighted by Crippen LogP contribution is -3.02. The second kappa shape index (κ2) is 9.44. The van der Waals surface area contributed by atoms with E-state index in [9.17, 15) is 40.7 Å². The molecule has 5 rings (SSSR count). The summed E-state index contributed by atoms with van der Waals surface area (Å²) in [6.45, 7) is -0.853. The standard InChI is InChI=1S/C23H23NO13/c1-33-13-3-8(36-23-20(28)19(27)18(26)15(6-25)37-23)2-10-9(13)4-12(24(31)32)16-11(22(29)30)5-14-21(17(10)16)35-7-34-14/h2-5,15,18-20,23,25-28,31-32H,6-7H2,1H3,(H,29,30)/p+1/t15-,18+,19+,20-,23+/m1/s1. The molecule has 0 saturated carbocycles. The molecule has 0 aliphatic carbocycles. The molecule has 0 amide bonds. The lowest BCUT2D eigenvalue weighted by molar-refractivity contribution is -1.19. The summed E-state index contributed by atoms with van der Waals surface area (Å²) in [7, 11) is 1.34. The molecular formula is C23H24NO13+. The normalized spacial score (nSPS) is 25.1. The van der Waals surface area contributed by atoms with E-state index in [0.29, 0.717) is 10.8 Å². The molecule has 0 aromatic heterocycles. The van der Waals surface area contributed by atoms with Crippen LogP contribution in [0.4, 0.5) is 5.69 Å². The van der Waals surface area contributed by atoms with Crippen LogP contribution in [0.15, 0.2) is 24.3 Å². The lowest BCUT2D eigenvalue weighted by atomic mass is 9.94. The molecule has 1 saturated heterocycles. The third kappa shape index (κ3) is 4.05. The van der Waals surface area contributed by atoms with Gasteiger partial charge in [-0.15, -0.1) is 0 Å². The Morgan fingerprint density at radius 3 is 2.43 bits per heavy atom. The fourth-order valence-corrected chi connectivity index (χ4v) is 4.63. The summed E-state index contributed by atoms with van der Waals surface area (Å²) in [6.07, 6.45) is -7.64. The molecule has 37 heavy (non-hydrogen) atoms. The molecule has 0 radical (unpaired) electrons. The molecule has 14 nitrogen and oxygen atoms in total. The minimum atomic E-state index is -1.68. The van der Waals surface area contributed by atoms with Crippen molar-refractivity contribution in [2.45, 2.75) is 30.7 Å². The quantitative estimate of drug-likeness (QED) is 0.143. The van der Waals surface area contributed by atoms with Crippen LogP contribution in [0.2, 0.25) is 0 Å². The third-order valence-electron chi connectivity index (χ3n) is 6.40. The van der Waals surface area contributed by atoms with Gasteiger partial charge in [0, 0.05) is 28.3 Å². The number of carbonyl (C=O) groups is 1. The Morgan fingerprint density at radius 2 is 1.78 bits per heavy atom. The van der Waals surface area contributed by atoms with Crippen LogP contribution in [-0.4, -0.2) is 93.1 Å². The molecule has 198 valence electrons. The third-order valence-corrected chi connectivity index (χ3v) is 6.40. The first-order valence-electron chi connectivity index (χ1n) is 11.0. The number of nitrogens with one attached hydrogen (secondary N) is 1. The highest BCUT2D eigenvalue weighted by Crippen LogP contribution is 2.48. The van der Waals surface area contributed by atoms with Gasteiger partial charge >= 0.3 is 5.97 Å². The Bertz CT molecular complexity index is 1370. The van der Waals surface area contributed by atoms with Crippen molar-refractivity contribution in [2.24, 2.45) is 0 Å². The fraction of sp³-hybridized carbons (Fsp3) is 0.348. The zero-order valence-corrected chi connectivity index (χ0v) is 19.2. The largest absolute Gasteiger partial charge is 0.496 e. The number of aliphatic hydroxyl groups excluding tert-OH is 4. The highest BCUT2D eigenvalue weighted by Gasteiger charge is 2.45. The van der Waals surface area contributed by atoms with Crippen molar-refractivity contribution >= 4 is 33.2 Å². The molecular weight excluding hydrogens is 498 g/mol. The molecule has 14 heteroatoms. The van der Waals surface area contributed by atoms with Gasteiger partial charge in [0.2, 0.25) is 18.8 Å². The van der Waals surface area contributed by atoms with Crippen LogP contribution < -0.4 is 24.2 Å². The van der Waals surface area contributed by atoms with Crippen LogP contribution in [0.5, 0.6) is 23.0 Å². The van der Waals surface area contributed by atoms with E-state index < -0.39 is 48.5 Å². The van der Waals surface area contributed by atoms with Crippen molar-refractivity contribution in [3.8, 4) is 23.0 Å². The van der Waals surface area contributed by atoms with E-state index in [1.165, 1.54) is 31.4 Å².